The number of hydrogen-bond acceptors (Lipinski definition) is 6. The van der Waals surface area contributed by atoms with Gasteiger partial charge < -0.3 is 10.1 Å². The van der Waals surface area contributed by atoms with Gasteiger partial charge in [-0.05, 0) is 30.8 Å². The first-order chi connectivity index (χ1) is 10.1. The number of para-hydroxylation sites is 1. The van der Waals surface area contributed by atoms with Crippen molar-refractivity contribution in [2.45, 2.75) is 18.9 Å². The smallest absolute Gasteiger partial charge is 0.305 e. The number of carbonyl (C=O) groups excluding carboxylic acids is 2. The quantitative estimate of drug-likeness (QED) is 0.692. The Morgan fingerprint density at radius 3 is 3.00 bits per heavy atom. The van der Waals surface area contributed by atoms with Crippen LogP contribution in [-0.2, 0) is 9.53 Å². The average Bonchev–Trinajstić information content (AvgIpc) is 2.83. The SMILES string of the molecule is COC(=O)CCC1Nc2c3ccccc3nc(=S)n2C1=O. The molecule has 1 aromatic heterocycles. The Morgan fingerprint density at radius 1 is 1.48 bits per heavy atom. The van der Waals surface area contributed by atoms with Gasteiger partial charge in [-0.25, -0.2) is 9.55 Å². The molecule has 1 aliphatic heterocycles. The summed E-state index contributed by atoms with van der Waals surface area (Å²) >= 11 is 5.19. The molecular weight excluding hydrogens is 290 g/mol. The molecule has 1 aliphatic rings. The third-order valence-corrected chi connectivity index (χ3v) is 3.76. The number of aromatic nitrogens is 2. The second-order valence-corrected chi connectivity index (χ2v) is 5.11. The van der Waals surface area contributed by atoms with Crippen LogP contribution >= 0.6 is 12.2 Å². The van der Waals surface area contributed by atoms with E-state index >= 15 is 0 Å². The van der Waals surface area contributed by atoms with E-state index in [9.17, 15) is 9.59 Å². The van der Waals surface area contributed by atoms with Crippen molar-refractivity contribution in [3.05, 3.63) is 29.0 Å². The number of benzene rings is 1. The zero-order valence-corrected chi connectivity index (χ0v) is 12.1. The van der Waals surface area contributed by atoms with E-state index < -0.39 is 6.04 Å². The van der Waals surface area contributed by atoms with Crippen molar-refractivity contribution in [1.82, 2.24) is 9.55 Å². The van der Waals surface area contributed by atoms with Gasteiger partial charge >= 0.3 is 5.97 Å². The van der Waals surface area contributed by atoms with Gasteiger partial charge in [0.05, 0.1) is 12.6 Å². The number of hydrogen-bond donors (Lipinski definition) is 1. The van der Waals surface area contributed by atoms with Crippen molar-refractivity contribution < 1.29 is 14.3 Å². The van der Waals surface area contributed by atoms with Crippen molar-refractivity contribution in [3.8, 4) is 0 Å². The molecule has 0 fully saturated rings. The van der Waals surface area contributed by atoms with Crippen molar-refractivity contribution in [2.75, 3.05) is 12.4 Å². The van der Waals surface area contributed by atoms with E-state index in [4.69, 9.17) is 12.2 Å². The van der Waals surface area contributed by atoms with Gasteiger partial charge in [-0.3, -0.25) is 9.59 Å². The molecule has 21 heavy (non-hydrogen) atoms. The monoisotopic (exact) mass is 303 g/mol. The molecule has 108 valence electrons. The zero-order valence-electron chi connectivity index (χ0n) is 11.3. The fourth-order valence-corrected chi connectivity index (χ4v) is 2.71. The van der Waals surface area contributed by atoms with Crippen LogP contribution in [0.3, 0.4) is 0 Å². The number of fused-ring (bicyclic) bond motifs is 3. The van der Waals surface area contributed by atoms with E-state index in [1.165, 1.54) is 11.7 Å². The summed E-state index contributed by atoms with van der Waals surface area (Å²) in [5, 5.41) is 3.98. The van der Waals surface area contributed by atoms with Gasteiger partial charge in [-0.1, -0.05) is 12.1 Å². The van der Waals surface area contributed by atoms with Crippen LogP contribution in [0.5, 0.6) is 0 Å². The summed E-state index contributed by atoms with van der Waals surface area (Å²) in [7, 11) is 1.33. The molecule has 6 nitrogen and oxygen atoms in total. The molecule has 1 atom stereocenters. The Balaban J connectivity index is 1.99. The Kier molecular flexibility index (Phi) is 3.42. The van der Waals surface area contributed by atoms with E-state index in [0.29, 0.717) is 12.2 Å². The summed E-state index contributed by atoms with van der Waals surface area (Å²) in [6.45, 7) is 0. The highest BCUT2D eigenvalue weighted by Crippen LogP contribution is 2.28. The number of ether oxygens (including phenoxy) is 1. The molecule has 0 radical (unpaired) electrons. The lowest BCUT2D eigenvalue weighted by Crippen LogP contribution is -2.25. The maximum atomic E-state index is 12.4. The number of nitrogens with zero attached hydrogens (tertiary/aromatic N) is 2. The zero-order chi connectivity index (χ0) is 15.0. The summed E-state index contributed by atoms with van der Waals surface area (Å²) in [5.74, 6) is 0.120. The molecule has 1 aromatic carbocycles. The van der Waals surface area contributed by atoms with Crippen LogP contribution in [0.4, 0.5) is 5.82 Å². The van der Waals surface area contributed by atoms with Gasteiger partial charge in [-0.2, -0.15) is 0 Å². The normalized spacial score (nSPS) is 16.6. The molecule has 0 saturated carbocycles. The predicted molar refractivity (Wildman–Crippen MR) is 79.9 cm³/mol. The van der Waals surface area contributed by atoms with Gasteiger partial charge in [-0.15, -0.1) is 0 Å². The maximum Gasteiger partial charge on any atom is 0.305 e. The Bertz CT molecular complexity index is 800. The van der Waals surface area contributed by atoms with Crippen LogP contribution in [0.15, 0.2) is 24.3 Å². The van der Waals surface area contributed by atoms with Crippen LogP contribution in [0.25, 0.3) is 10.9 Å². The number of carbonyl (C=O) groups is 2. The van der Waals surface area contributed by atoms with Crippen LogP contribution in [0.2, 0.25) is 0 Å². The number of rotatable bonds is 3. The summed E-state index contributed by atoms with van der Waals surface area (Å²) in [6.07, 6.45) is 0.531. The lowest BCUT2D eigenvalue weighted by atomic mass is 10.1. The lowest BCUT2D eigenvalue weighted by molar-refractivity contribution is -0.140. The number of esters is 1. The molecule has 2 heterocycles. The Labute approximate surface area is 125 Å². The first kappa shape index (κ1) is 13.7. The molecule has 0 spiro atoms. The third-order valence-electron chi connectivity index (χ3n) is 3.48. The van der Waals surface area contributed by atoms with Gasteiger partial charge in [0.2, 0.25) is 4.77 Å². The fourth-order valence-electron chi connectivity index (χ4n) is 2.43. The van der Waals surface area contributed by atoms with Crippen LogP contribution in [0, 0.1) is 4.77 Å². The number of nitrogens with one attached hydrogen (secondary N) is 1. The predicted octanol–water partition coefficient (Wildman–Crippen LogP) is 2.15. The summed E-state index contributed by atoms with van der Waals surface area (Å²) in [5.41, 5.74) is 0.739. The van der Waals surface area contributed by atoms with Crippen LogP contribution < -0.4 is 5.32 Å². The van der Waals surface area contributed by atoms with E-state index in [-0.39, 0.29) is 23.1 Å². The molecule has 0 saturated heterocycles. The molecule has 0 aliphatic carbocycles. The second kappa shape index (κ2) is 5.25. The fraction of sp³-hybridized carbons (Fsp3) is 0.286. The van der Waals surface area contributed by atoms with E-state index in [1.54, 1.807) is 0 Å². The standard InChI is InChI=1S/C14H13N3O3S/c1-20-11(18)7-6-10-13(19)17-12(15-10)8-4-2-3-5-9(8)16-14(17)21/h2-5,10,15H,6-7H2,1H3. The van der Waals surface area contributed by atoms with Crippen molar-refractivity contribution in [2.24, 2.45) is 0 Å². The van der Waals surface area contributed by atoms with Crippen molar-refractivity contribution >= 4 is 40.8 Å². The highest BCUT2D eigenvalue weighted by Gasteiger charge is 2.31. The van der Waals surface area contributed by atoms with E-state index in [0.717, 1.165) is 10.9 Å². The maximum absolute atomic E-state index is 12.4. The van der Waals surface area contributed by atoms with E-state index in [2.05, 4.69) is 15.0 Å². The van der Waals surface area contributed by atoms with Gasteiger partial charge in [0.25, 0.3) is 5.91 Å². The second-order valence-electron chi connectivity index (χ2n) is 4.75. The summed E-state index contributed by atoms with van der Waals surface area (Å²) in [6, 6.07) is 6.98. The number of methoxy groups -OCH3 is 1. The molecule has 7 heteroatoms. The van der Waals surface area contributed by atoms with Crippen LogP contribution in [-0.4, -0.2) is 34.6 Å². The minimum atomic E-state index is -0.488. The highest BCUT2D eigenvalue weighted by molar-refractivity contribution is 7.71. The van der Waals surface area contributed by atoms with Crippen LogP contribution in [0.1, 0.15) is 17.6 Å². The topological polar surface area (TPSA) is 73.2 Å². The molecule has 0 bridgehead atoms. The first-order valence-corrected chi connectivity index (χ1v) is 6.92. The summed E-state index contributed by atoms with van der Waals surface area (Å²) < 4.78 is 6.22. The largest absolute Gasteiger partial charge is 0.469 e. The summed E-state index contributed by atoms with van der Waals surface area (Å²) in [4.78, 5) is 27.9. The molecule has 2 aromatic rings. The van der Waals surface area contributed by atoms with Gasteiger partial charge in [0.15, 0.2) is 0 Å². The molecular formula is C14H13N3O3S. The molecule has 1 unspecified atom stereocenters. The average molecular weight is 303 g/mol. The highest BCUT2D eigenvalue weighted by atomic mass is 32.1. The Hall–Kier alpha value is -2.28. The van der Waals surface area contributed by atoms with E-state index in [1.807, 2.05) is 24.3 Å². The minimum Gasteiger partial charge on any atom is -0.469 e. The first-order valence-electron chi connectivity index (χ1n) is 6.51. The lowest BCUT2D eigenvalue weighted by Gasteiger charge is -2.07. The van der Waals surface area contributed by atoms with Gasteiger partial charge in [0.1, 0.15) is 11.9 Å². The number of anilines is 1. The van der Waals surface area contributed by atoms with Gasteiger partial charge in [0, 0.05) is 11.8 Å². The third kappa shape index (κ3) is 2.29. The Morgan fingerprint density at radius 2 is 2.24 bits per heavy atom. The molecule has 1 N–H and O–H groups in total. The van der Waals surface area contributed by atoms with Crippen molar-refractivity contribution in [1.29, 1.82) is 0 Å². The minimum absolute atomic E-state index is 0.173. The van der Waals surface area contributed by atoms with Crippen molar-refractivity contribution in [3.63, 3.8) is 0 Å². The molecule has 0 amide bonds. The molecule has 3 rings (SSSR count).